The number of benzene rings is 1. The van der Waals surface area contributed by atoms with Gasteiger partial charge in [0.05, 0.1) is 12.1 Å². The van der Waals surface area contributed by atoms with Crippen molar-refractivity contribution in [2.45, 2.75) is 78.0 Å². The Morgan fingerprint density at radius 2 is 1.71 bits per heavy atom. The highest BCUT2D eigenvalue weighted by molar-refractivity contribution is 5.66. The number of nitrogens with zero attached hydrogens (tertiary/aromatic N) is 2. The molecule has 0 aromatic heterocycles. The fraction of sp³-hybridized carbons (Fsp3) is 0.632. The Balaban J connectivity index is 3.06. The summed E-state index contributed by atoms with van der Waals surface area (Å²) >= 11 is 0. The lowest BCUT2D eigenvalue weighted by Gasteiger charge is -2.44. The minimum absolute atomic E-state index is 0.240. The quantitative estimate of drug-likeness (QED) is 0.681. The van der Waals surface area contributed by atoms with Crippen LogP contribution in [0, 0.1) is 0 Å². The van der Waals surface area contributed by atoms with Gasteiger partial charge in [0.15, 0.2) is 0 Å². The zero-order chi connectivity index (χ0) is 18.3. The molecule has 2 atom stereocenters. The summed E-state index contributed by atoms with van der Waals surface area (Å²) in [6.07, 6.45) is 1.33. The van der Waals surface area contributed by atoms with Crippen LogP contribution in [0.15, 0.2) is 30.3 Å². The number of carbonyl (C=O) groups is 1. The van der Waals surface area contributed by atoms with Gasteiger partial charge in [-0.05, 0) is 39.2 Å². The summed E-state index contributed by atoms with van der Waals surface area (Å²) < 4.78 is 0. The molecule has 2 N–H and O–H groups in total. The number of hydrogen-bond acceptors (Lipinski definition) is 3. The monoisotopic (exact) mass is 336 g/mol. The van der Waals surface area contributed by atoms with E-state index in [0.717, 1.165) is 18.4 Å². The third-order valence-electron chi connectivity index (χ3n) is 4.28. The predicted molar refractivity (Wildman–Crippen MR) is 96.2 cm³/mol. The summed E-state index contributed by atoms with van der Waals surface area (Å²) in [4.78, 5) is 13.3. The van der Waals surface area contributed by atoms with Crippen molar-refractivity contribution in [1.82, 2.24) is 9.96 Å². The number of rotatable bonds is 8. The van der Waals surface area contributed by atoms with E-state index in [9.17, 15) is 15.1 Å². The van der Waals surface area contributed by atoms with E-state index in [1.807, 2.05) is 58.0 Å². The zero-order valence-corrected chi connectivity index (χ0v) is 15.6. The first-order chi connectivity index (χ1) is 11.2. The van der Waals surface area contributed by atoms with Gasteiger partial charge in [0.2, 0.25) is 0 Å². The Labute approximate surface area is 145 Å². The van der Waals surface area contributed by atoms with Gasteiger partial charge < -0.3 is 10.3 Å². The second kappa shape index (κ2) is 9.04. The molecule has 1 amide bonds. The standard InChI is InChI=1S/C19H32N2O3/c1-6-11-17(20(24)14-15-12-9-8-10-13-15)16(7-2)21(18(22)23)19(3,4)5/h8-10,12-13,16-17,24H,6-7,11,14H2,1-5H3,(H,22,23)/t16-,17+/m0/s1. The molecule has 0 spiro atoms. The van der Waals surface area contributed by atoms with E-state index in [2.05, 4.69) is 6.92 Å². The highest BCUT2D eigenvalue weighted by atomic mass is 16.5. The van der Waals surface area contributed by atoms with Crippen LogP contribution in [-0.4, -0.2) is 44.0 Å². The number of hydroxylamine groups is 2. The maximum atomic E-state index is 11.9. The van der Waals surface area contributed by atoms with Gasteiger partial charge in [0.25, 0.3) is 0 Å². The average Bonchev–Trinajstić information content (AvgIpc) is 2.49. The summed E-state index contributed by atoms with van der Waals surface area (Å²) in [5.74, 6) is 0. The van der Waals surface area contributed by atoms with Crippen LogP contribution in [0.1, 0.15) is 59.4 Å². The topological polar surface area (TPSA) is 64.0 Å². The number of amides is 1. The zero-order valence-electron chi connectivity index (χ0n) is 15.6. The van der Waals surface area contributed by atoms with Crippen LogP contribution in [-0.2, 0) is 6.54 Å². The molecule has 0 bridgehead atoms. The van der Waals surface area contributed by atoms with Gasteiger partial charge in [-0.3, -0.25) is 4.90 Å². The Morgan fingerprint density at radius 1 is 1.12 bits per heavy atom. The molecule has 24 heavy (non-hydrogen) atoms. The Morgan fingerprint density at radius 3 is 2.12 bits per heavy atom. The van der Waals surface area contributed by atoms with E-state index in [4.69, 9.17) is 0 Å². The van der Waals surface area contributed by atoms with Crippen LogP contribution in [0.2, 0.25) is 0 Å². The summed E-state index contributed by atoms with van der Waals surface area (Å²) in [6, 6.07) is 9.24. The molecule has 0 aliphatic rings. The van der Waals surface area contributed by atoms with Gasteiger partial charge in [-0.2, -0.15) is 5.06 Å². The molecule has 0 unspecified atom stereocenters. The van der Waals surface area contributed by atoms with Crippen LogP contribution in [0.25, 0.3) is 0 Å². The lowest BCUT2D eigenvalue weighted by Crippen LogP contribution is -2.58. The van der Waals surface area contributed by atoms with Crippen LogP contribution in [0.5, 0.6) is 0 Å². The molecular weight excluding hydrogens is 304 g/mol. The van der Waals surface area contributed by atoms with E-state index in [1.54, 1.807) is 0 Å². The lowest BCUT2D eigenvalue weighted by atomic mass is 9.94. The maximum Gasteiger partial charge on any atom is 0.408 e. The van der Waals surface area contributed by atoms with Crippen LogP contribution in [0.4, 0.5) is 4.79 Å². The van der Waals surface area contributed by atoms with Crippen LogP contribution < -0.4 is 0 Å². The van der Waals surface area contributed by atoms with Gasteiger partial charge in [-0.15, -0.1) is 0 Å². The molecule has 5 heteroatoms. The van der Waals surface area contributed by atoms with Gasteiger partial charge in [0, 0.05) is 12.1 Å². The van der Waals surface area contributed by atoms with Crippen molar-refractivity contribution in [3.63, 3.8) is 0 Å². The summed E-state index contributed by atoms with van der Waals surface area (Å²) in [5, 5.41) is 21.7. The van der Waals surface area contributed by atoms with Gasteiger partial charge in [-0.1, -0.05) is 50.6 Å². The number of hydrogen-bond donors (Lipinski definition) is 2. The Bertz CT molecular complexity index is 499. The van der Waals surface area contributed by atoms with Gasteiger partial charge in [0.1, 0.15) is 0 Å². The minimum atomic E-state index is -0.941. The SMILES string of the molecule is CCC[C@H]([C@H](CC)N(C(=O)O)C(C)(C)C)N(O)Cc1ccccc1. The van der Waals surface area contributed by atoms with E-state index in [1.165, 1.54) is 9.96 Å². The molecule has 1 aromatic rings. The molecule has 0 radical (unpaired) electrons. The molecule has 0 saturated carbocycles. The second-order valence-corrected chi connectivity index (χ2v) is 7.24. The van der Waals surface area contributed by atoms with Crippen molar-refractivity contribution >= 4 is 6.09 Å². The first-order valence-electron chi connectivity index (χ1n) is 8.74. The van der Waals surface area contributed by atoms with E-state index >= 15 is 0 Å². The molecule has 0 fully saturated rings. The predicted octanol–water partition coefficient (Wildman–Crippen LogP) is 4.60. The Kier molecular flexibility index (Phi) is 7.70. The first kappa shape index (κ1) is 20.5. The van der Waals surface area contributed by atoms with Crippen LogP contribution >= 0.6 is 0 Å². The second-order valence-electron chi connectivity index (χ2n) is 7.24. The minimum Gasteiger partial charge on any atom is -0.465 e. The lowest BCUT2D eigenvalue weighted by molar-refractivity contribution is -0.159. The highest BCUT2D eigenvalue weighted by Gasteiger charge is 2.38. The summed E-state index contributed by atoms with van der Waals surface area (Å²) in [7, 11) is 0. The smallest absolute Gasteiger partial charge is 0.408 e. The van der Waals surface area contributed by atoms with Crippen LogP contribution in [0.3, 0.4) is 0 Å². The van der Waals surface area contributed by atoms with Crippen molar-refractivity contribution in [3.05, 3.63) is 35.9 Å². The normalized spacial score (nSPS) is 14.5. The molecule has 0 aliphatic carbocycles. The highest BCUT2D eigenvalue weighted by Crippen LogP contribution is 2.26. The fourth-order valence-electron chi connectivity index (χ4n) is 3.28. The van der Waals surface area contributed by atoms with E-state index in [-0.39, 0.29) is 12.1 Å². The van der Waals surface area contributed by atoms with Crippen molar-refractivity contribution < 1.29 is 15.1 Å². The fourth-order valence-corrected chi connectivity index (χ4v) is 3.28. The molecule has 0 aliphatic heterocycles. The van der Waals surface area contributed by atoms with Crippen molar-refractivity contribution in [1.29, 1.82) is 0 Å². The van der Waals surface area contributed by atoms with Crippen molar-refractivity contribution in [3.8, 4) is 0 Å². The third-order valence-corrected chi connectivity index (χ3v) is 4.28. The van der Waals surface area contributed by atoms with Gasteiger partial charge in [-0.25, -0.2) is 4.79 Å². The molecular formula is C19H32N2O3. The molecule has 0 heterocycles. The number of carboxylic acid groups (broad SMARTS) is 1. The molecule has 1 aromatic carbocycles. The average molecular weight is 336 g/mol. The van der Waals surface area contributed by atoms with Gasteiger partial charge >= 0.3 is 6.09 Å². The molecule has 1 rings (SSSR count). The van der Waals surface area contributed by atoms with Crippen molar-refractivity contribution in [2.75, 3.05) is 0 Å². The first-order valence-corrected chi connectivity index (χ1v) is 8.74. The van der Waals surface area contributed by atoms with E-state index < -0.39 is 11.6 Å². The molecule has 5 nitrogen and oxygen atoms in total. The molecule has 0 saturated heterocycles. The third kappa shape index (κ3) is 5.49. The maximum absolute atomic E-state index is 11.9. The van der Waals surface area contributed by atoms with E-state index in [0.29, 0.717) is 13.0 Å². The summed E-state index contributed by atoms with van der Waals surface area (Å²) in [6.45, 7) is 10.1. The Hall–Kier alpha value is -1.59. The summed E-state index contributed by atoms with van der Waals surface area (Å²) in [5.41, 5.74) is 0.486. The molecule has 136 valence electrons. The van der Waals surface area contributed by atoms with Crippen molar-refractivity contribution in [2.24, 2.45) is 0 Å². The largest absolute Gasteiger partial charge is 0.465 e.